The van der Waals surface area contributed by atoms with Crippen LogP contribution in [0.1, 0.15) is 197 Å². The van der Waals surface area contributed by atoms with E-state index < -0.39 is 49.0 Å². The predicted octanol–water partition coefficient (Wildman–Crippen LogP) is 18.4. The van der Waals surface area contributed by atoms with Gasteiger partial charge >= 0.3 is 11.9 Å². The van der Waals surface area contributed by atoms with E-state index in [1.807, 2.05) is 126 Å². The highest BCUT2D eigenvalue weighted by molar-refractivity contribution is 14.1. The number of ether oxygens (including phenoxy) is 1. The van der Waals surface area contributed by atoms with Crippen LogP contribution in [0, 0.1) is 159 Å². The molecule has 8 aromatic carbocycles. The molecule has 0 radical (unpaired) electrons. The number of ketones is 1. The number of nitrogens with two attached hydrogens (primary N) is 6. The number of benzene rings is 8. The maximum atomic E-state index is 10.9. The Morgan fingerprint density at radius 3 is 1.16 bits per heavy atom. The van der Waals surface area contributed by atoms with E-state index in [1.165, 1.54) is 80.5 Å². The number of hydrogen-bond donors (Lipinski definition) is 13. The zero-order chi connectivity index (χ0) is 92.7. The van der Waals surface area contributed by atoms with Gasteiger partial charge in [-0.1, -0.05) is 94.1 Å². The highest BCUT2D eigenvalue weighted by Crippen LogP contribution is 2.29. The minimum Gasteiger partial charge on any atom is -0.507 e. The summed E-state index contributed by atoms with van der Waals surface area (Å²) in [6.07, 6.45) is 6.22. The molecule has 0 aliphatic carbocycles. The summed E-state index contributed by atoms with van der Waals surface area (Å²) in [6.45, 7) is 40.0. The summed E-state index contributed by atoms with van der Waals surface area (Å²) in [5.41, 5.74) is 57.6. The monoisotopic (exact) mass is 1950 g/mol. The Labute approximate surface area is 749 Å². The summed E-state index contributed by atoms with van der Waals surface area (Å²) < 4.78 is 27.7. The van der Waals surface area contributed by atoms with Crippen LogP contribution in [0.2, 0.25) is 0 Å². The van der Waals surface area contributed by atoms with Crippen molar-refractivity contribution in [1.29, 1.82) is 0 Å². The molecule has 0 fully saturated rings. The summed E-state index contributed by atoms with van der Waals surface area (Å²) in [5, 5.41) is 87.0. The number of aromatic hydroxyl groups is 1. The molecular formula is C89H132ClI2N9O19S. The Morgan fingerprint density at radius 2 is 0.851 bits per heavy atom. The van der Waals surface area contributed by atoms with Crippen LogP contribution in [0.25, 0.3) is 0 Å². The number of nitrogen functional groups attached to an aromatic ring is 6. The standard InChI is InChI=1S/2C12H19NO.C12H15NO.C8H7ClO4S.C8H8INO2.C8H10IN.C8H10N2O2.C8H11N.C4H6O3.C4H6O.C2H6O.3CH4.HNO3.H2/c3*1-8-6-9(2)11(12(13)7-8)5-4-10(3)14;1-5(10)7-4-6(14(9,12)13)2-3-8(7)11;1-5-3-6(2)8(9)7(4-5)10(11)12;1-5-3-6(2)8(9)7(10)4-5;1-5-3-6(2)8(9)7(4-5)10(11)12;1-6-3-4-8(9)7(2)5-6;1-3(5)7-4(2)6;1-3-4(2)5;1-2-3;;;;2-1(3)4;/h2*6-7,10,14H,4-5,13H2,1-3H3;6-7,10,14H,13H2,1-3H3;2-4,11H,1H3;3-4H,1-2H3;3-4H,10H2,1-2H3;3-4H,9H2,1-2H3;3-5H,9H2,1-2H3;1-2H3;1,4-5H,2H3;3H,2H2,1H3;3*1H4;(H,2,3,4);1H/t3*10-;;;;;;;4-;;;;;;/m111......1....../s1. The number of hydrogen-bond acceptors (Lipinski definition) is 24. The first kappa shape index (κ1) is 124. The zero-order valence-corrected chi connectivity index (χ0v) is 77.1. The number of aryl methyl sites for hydroxylation is 14. The van der Waals surface area contributed by atoms with E-state index in [1.54, 1.807) is 54.5 Å². The third kappa shape index (κ3) is 56.1. The lowest BCUT2D eigenvalue weighted by Gasteiger charge is -2.11. The molecule has 32 heteroatoms. The van der Waals surface area contributed by atoms with Gasteiger partial charge < -0.3 is 75.0 Å². The largest absolute Gasteiger partial charge is 0.507 e. The molecule has 0 saturated heterocycles. The van der Waals surface area contributed by atoms with Crippen molar-refractivity contribution < 1.29 is 79.7 Å². The van der Waals surface area contributed by atoms with Gasteiger partial charge in [0.1, 0.15) is 23.6 Å². The van der Waals surface area contributed by atoms with Gasteiger partial charge in [-0.15, -0.1) is 16.5 Å². The maximum Gasteiger partial charge on any atom is 0.310 e. The lowest BCUT2D eigenvalue weighted by atomic mass is 9.98. The maximum absolute atomic E-state index is 10.9. The third-order valence-corrected chi connectivity index (χ3v) is 19.4. The van der Waals surface area contributed by atoms with E-state index in [9.17, 15) is 58.3 Å². The number of esters is 2. The van der Waals surface area contributed by atoms with Gasteiger partial charge in [-0.3, -0.25) is 34.6 Å². The van der Waals surface area contributed by atoms with E-state index >= 15 is 0 Å². The van der Waals surface area contributed by atoms with Crippen LogP contribution in [0.4, 0.5) is 45.5 Å². The van der Waals surface area contributed by atoms with E-state index in [-0.39, 0.29) is 80.7 Å². The molecular weight excluding hydrogens is 1820 g/mol. The van der Waals surface area contributed by atoms with Crippen LogP contribution >= 0.6 is 55.9 Å². The number of nitrogens with zero attached hydrogens (tertiary/aromatic N) is 3. The fourth-order valence-electron chi connectivity index (χ4n) is 9.93. The number of carbonyl (C=O) groups is 3. The number of aliphatic hydroxyl groups is 5. The van der Waals surface area contributed by atoms with Crippen molar-refractivity contribution in [3.05, 3.63) is 247 Å². The normalized spacial score (nSPS) is 10.5. The third-order valence-electron chi connectivity index (χ3n) is 15.1. The van der Waals surface area contributed by atoms with Crippen LogP contribution in [-0.2, 0) is 36.2 Å². The van der Waals surface area contributed by atoms with E-state index in [4.69, 9.17) is 75.7 Å². The first-order chi connectivity index (χ1) is 54.2. The van der Waals surface area contributed by atoms with E-state index in [0.717, 1.165) is 115 Å². The molecule has 674 valence electrons. The van der Waals surface area contributed by atoms with Gasteiger partial charge in [0.05, 0.1) is 41.6 Å². The van der Waals surface area contributed by atoms with Crippen LogP contribution < -0.4 is 34.4 Å². The topological polar surface area (TPSA) is 522 Å². The number of anilines is 6. The molecule has 28 nitrogen and oxygen atoms in total. The molecule has 0 heterocycles. The van der Waals surface area contributed by atoms with Gasteiger partial charge in [-0.25, -0.2) is 8.42 Å². The molecule has 4 atom stereocenters. The number of nitro groups is 2. The second kappa shape index (κ2) is 63.7. The molecule has 0 aliphatic heterocycles. The quantitative estimate of drug-likeness (QED) is 0.00696. The van der Waals surface area contributed by atoms with E-state index in [2.05, 4.69) is 110 Å². The van der Waals surface area contributed by atoms with Crippen molar-refractivity contribution in [1.82, 2.24) is 0 Å². The fraction of sp³-hybridized carbons (Fsp3) is 0.382. The number of terminal acetylenes is 1. The van der Waals surface area contributed by atoms with Crippen LogP contribution in [0.15, 0.2) is 114 Å². The Morgan fingerprint density at radius 1 is 0.512 bits per heavy atom. The first-order valence-corrected chi connectivity index (χ1v) is 40.7. The SMILES string of the molecule is C.C.C.C#C[C@@H](C)O.CC(=O)OC(C)=O.CC(=O)c1cc(S(=O)(=O)Cl)ccc1O.CCO.Cc1cc(C)c(C#C[C@@H](C)O)c(N)c1.Cc1cc(C)c(CC[C@@H](C)O)c(N)c1.Cc1cc(C)c(CC[C@@H](C)O)c(N)c1.Cc1cc(C)c(I)c(N)c1.Cc1cc(C)c(I)c([N+](=O)[O-])c1.Cc1cc(C)c(N)c([N+](=O)[O-])c1.Cc1ccc(N)c(C)c1.O=[N+]([O-])O.[HH]. The molecule has 121 heavy (non-hydrogen) atoms. The molecule has 8 rings (SSSR count). The number of carbonyl (C=O) groups excluding carboxylic acids is 3. The summed E-state index contributed by atoms with van der Waals surface area (Å²) in [6, 6.07) is 32.4. The molecule has 0 bridgehead atoms. The average Bonchev–Trinajstić information content (AvgIpc) is 0.816. The predicted molar refractivity (Wildman–Crippen MR) is 513 cm³/mol. The van der Waals surface area contributed by atoms with Crippen molar-refractivity contribution in [2.24, 2.45) is 0 Å². The number of aliphatic hydroxyl groups excluding tert-OH is 5. The molecule has 0 aromatic heterocycles. The Kier molecular flexibility index (Phi) is 65.3. The molecule has 0 amide bonds. The van der Waals surface area contributed by atoms with Crippen molar-refractivity contribution in [3.8, 4) is 29.9 Å². The second-order valence-corrected chi connectivity index (χ2v) is 31.7. The summed E-state index contributed by atoms with van der Waals surface area (Å²) in [5.74, 6) is 5.84. The van der Waals surface area contributed by atoms with Crippen molar-refractivity contribution in [2.45, 2.75) is 230 Å². The lowest BCUT2D eigenvalue weighted by molar-refractivity contribution is -0.742. The highest BCUT2D eigenvalue weighted by atomic mass is 127. The number of phenols is 1. The Bertz CT molecular complexity index is 4620. The molecule has 19 N–H and O–H groups in total. The Hall–Kier alpha value is -10.2. The summed E-state index contributed by atoms with van der Waals surface area (Å²) in [4.78, 5) is 58.9. The minimum absolute atomic E-state index is 0. The van der Waals surface area contributed by atoms with Gasteiger partial charge in [0, 0.05) is 76.7 Å². The fourth-order valence-corrected chi connectivity index (χ4v) is 11.5. The highest BCUT2D eigenvalue weighted by Gasteiger charge is 2.17. The molecule has 0 unspecified atom stereocenters. The second-order valence-electron chi connectivity index (χ2n) is 27.0. The molecule has 8 aromatic rings. The van der Waals surface area contributed by atoms with Crippen LogP contribution in [-0.4, -0.2) is 108 Å². The van der Waals surface area contributed by atoms with Gasteiger partial charge in [0.15, 0.2) is 5.78 Å². The number of rotatable bonds is 10. The minimum atomic E-state index is -3.87. The van der Waals surface area contributed by atoms with Gasteiger partial charge in [-0.2, -0.15) is 0 Å². The molecule has 0 spiro atoms. The van der Waals surface area contributed by atoms with Crippen LogP contribution in [0.5, 0.6) is 5.75 Å². The Balaban J connectivity index is -0.000000197. The first-order valence-electron chi connectivity index (χ1n) is 36.2. The zero-order valence-electron chi connectivity index (χ0n) is 71.2. The lowest BCUT2D eigenvalue weighted by Crippen LogP contribution is -2.05. The number of nitro benzene ring substituents is 2. The number of halogens is 3. The van der Waals surface area contributed by atoms with Gasteiger partial charge in [0.25, 0.3) is 25.5 Å². The summed E-state index contributed by atoms with van der Waals surface area (Å²) in [7, 11) is 1.20. The molecule has 0 aliphatic rings. The summed E-state index contributed by atoms with van der Waals surface area (Å²) >= 11 is 4.26. The average molecular weight is 1950 g/mol. The molecule has 0 saturated carbocycles. The van der Waals surface area contributed by atoms with Gasteiger partial charge in [0.2, 0.25) is 0 Å². The van der Waals surface area contributed by atoms with E-state index in [0.29, 0.717) is 5.69 Å². The van der Waals surface area contributed by atoms with Crippen molar-refractivity contribution in [2.75, 3.05) is 41.0 Å². The number of Topliss-reactive ketones (excluding diaryl/α,β-unsaturated/α-hetero) is 1. The van der Waals surface area contributed by atoms with Crippen molar-refractivity contribution >= 4 is 128 Å². The number of phenolic OH excluding ortho intramolecular Hbond substituents is 1. The van der Waals surface area contributed by atoms with Crippen molar-refractivity contribution in [3.63, 3.8) is 0 Å². The van der Waals surface area contributed by atoms with Gasteiger partial charge in [-0.05, 0) is 341 Å². The smallest absolute Gasteiger partial charge is 0.310 e. The van der Waals surface area contributed by atoms with Crippen LogP contribution in [0.3, 0.4) is 0 Å².